The Morgan fingerprint density at radius 2 is 2.06 bits per heavy atom. The van der Waals surface area contributed by atoms with E-state index in [1.54, 1.807) is 18.7 Å². The van der Waals surface area contributed by atoms with Crippen LogP contribution in [0.4, 0.5) is 9.52 Å². The monoisotopic (exact) mass is 500 g/mol. The molecule has 0 spiro atoms. The molecule has 9 nitrogen and oxygen atoms in total. The molecule has 0 saturated carbocycles. The van der Waals surface area contributed by atoms with Gasteiger partial charge >= 0.3 is 5.97 Å². The molecule has 170 valence electrons. The summed E-state index contributed by atoms with van der Waals surface area (Å²) in [6, 6.07) is -0.731. The highest BCUT2D eigenvalue weighted by atomic mass is 35.5. The van der Waals surface area contributed by atoms with Crippen LogP contribution in [0.1, 0.15) is 38.1 Å². The number of aromatic nitrogens is 4. The van der Waals surface area contributed by atoms with Crippen LogP contribution in [0.5, 0.6) is 0 Å². The van der Waals surface area contributed by atoms with Gasteiger partial charge in [0.2, 0.25) is 0 Å². The molecule has 2 atom stereocenters. The molecule has 32 heavy (non-hydrogen) atoms. The van der Waals surface area contributed by atoms with E-state index in [0.717, 1.165) is 11.3 Å². The molecule has 1 aliphatic rings. The zero-order chi connectivity index (χ0) is 23.2. The minimum absolute atomic E-state index is 0.0444. The number of hydrogen-bond acceptors (Lipinski definition) is 6. The predicted molar refractivity (Wildman–Crippen MR) is 120 cm³/mol. The normalized spacial score (nSPS) is 18.7. The average Bonchev–Trinajstić information content (AvgIpc) is 3.44. The summed E-state index contributed by atoms with van der Waals surface area (Å²) in [5, 5.41) is 13.0. The van der Waals surface area contributed by atoms with Crippen molar-refractivity contribution in [3.63, 3.8) is 0 Å². The number of nitrogens with one attached hydrogen (secondary N) is 3. The molecule has 1 fully saturated rings. The lowest BCUT2D eigenvalue weighted by atomic mass is 10.0. The number of rotatable bonds is 5. The van der Waals surface area contributed by atoms with Gasteiger partial charge in [-0.15, -0.1) is 0 Å². The van der Waals surface area contributed by atoms with Crippen molar-refractivity contribution in [3.8, 4) is 11.4 Å². The number of aromatic carboxylic acids is 1. The Balaban J connectivity index is 1.48. The zero-order valence-corrected chi connectivity index (χ0v) is 19.3. The number of aryl methyl sites for hydroxylation is 2. The summed E-state index contributed by atoms with van der Waals surface area (Å²) in [6.45, 7) is 3.77. The maximum atomic E-state index is 15.0. The highest BCUT2D eigenvalue weighted by molar-refractivity contribution is 7.17. The van der Waals surface area contributed by atoms with E-state index in [4.69, 9.17) is 23.2 Å². The number of carboxylic acids is 1. The van der Waals surface area contributed by atoms with Crippen molar-refractivity contribution >= 4 is 51.5 Å². The molecule has 4 heterocycles. The van der Waals surface area contributed by atoms with Crippen LogP contribution in [-0.4, -0.2) is 62.2 Å². The lowest BCUT2D eigenvalue weighted by Crippen LogP contribution is -2.52. The third-order valence-corrected chi connectivity index (χ3v) is 7.23. The van der Waals surface area contributed by atoms with Crippen LogP contribution in [-0.2, 0) is 0 Å². The lowest BCUT2D eigenvalue weighted by Gasteiger charge is -2.34. The number of anilines is 1. The molecule has 3 aromatic rings. The summed E-state index contributed by atoms with van der Waals surface area (Å²) in [5.41, 5.74) is 1.39. The molecule has 0 unspecified atom stereocenters. The van der Waals surface area contributed by atoms with E-state index in [0.29, 0.717) is 35.3 Å². The van der Waals surface area contributed by atoms with Crippen LogP contribution >= 0.6 is 34.5 Å². The van der Waals surface area contributed by atoms with Gasteiger partial charge in [0, 0.05) is 12.2 Å². The first-order chi connectivity index (χ1) is 15.2. The van der Waals surface area contributed by atoms with Gasteiger partial charge in [-0.2, -0.15) is 0 Å². The maximum absolute atomic E-state index is 15.0. The van der Waals surface area contributed by atoms with Crippen LogP contribution in [0.15, 0.2) is 6.20 Å². The molecule has 0 aliphatic carbocycles. The molecule has 1 amide bonds. The Kier molecular flexibility index (Phi) is 6.15. The highest BCUT2D eigenvalue weighted by Crippen LogP contribution is 2.34. The van der Waals surface area contributed by atoms with Gasteiger partial charge in [-0.05, 0) is 20.3 Å². The number of nitrogens with zero attached hydrogens (tertiary/aromatic N) is 3. The van der Waals surface area contributed by atoms with Gasteiger partial charge in [0.25, 0.3) is 5.91 Å². The second kappa shape index (κ2) is 8.72. The van der Waals surface area contributed by atoms with Gasteiger partial charge in [0.1, 0.15) is 28.3 Å². The molecule has 1 saturated heterocycles. The van der Waals surface area contributed by atoms with Crippen LogP contribution in [0.25, 0.3) is 11.4 Å². The Morgan fingerprint density at radius 1 is 1.31 bits per heavy atom. The highest BCUT2D eigenvalue weighted by Gasteiger charge is 2.34. The van der Waals surface area contributed by atoms with Gasteiger partial charge < -0.3 is 25.3 Å². The van der Waals surface area contributed by atoms with Crippen LogP contribution in [0.2, 0.25) is 10.0 Å². The van der Waals surface area contributed by atoms with E-state index >= 15 is 0 Å². The van der Waals surface area contributed by atoms with Gasteiger partial charge in [0.15, 0.2) is 5.13 Å². The minimum atomic E-state index is -1.40. The van der Waals surface area contributed by atoms with Gasteiger partial charge in [-0.3, -0.25) is 4.79 Å². The molecular formula is C19H19Cl2FN6O3S. The maximum Gasteiger partial charge on any atom is 0.348 e. The number of thiazole rings is 1. The largest absolute Gasteiger partial charge is 0.477 e. The Hall–Kier alpha value is -2.63. The number of piperidine rings is 1. The number of H-pyrrole nitrogens is 2. The fourth-order valence-electron chi connectivity index (χ4n) is 3.52. The van der Waals surface area contributed by atoms with Crippen molar-refractivity contribution in [1.82, 2.24) is 25.3 Å². The first kappa shape index (κ1) is 22.6. The average molecular weight is 501 g/mol. The number of carbonyl (C=O) groups excluding carboxylic acids is 1. The van der Waals surface area contributed by atoms with Crippen LogP contribution < -0.4 is 10.2 Å². The second-order valence-electron chi connectivity index (χ2n) is 7.45. The molecule has 4 rings (SSSR count). The van der Waals surface area contributed by atoms with Gasteiger partial charge in [-0.25, -0.2) is 19.2 Å². The van der Waals surface area contributed by atoms with Crippen LogP contribution in [0.3, 0.4) is 0 Å². The Morgan fingerprint density at radius 3 is 2.62 bits per heavy atom. The minimum Gasteiger partial charge on any atom is -0.477 e. The zero-order valence-electron chi connectivity index (χ0n) is 17.0. The molecular weight excluding hydrogens is 482 g/mol. The Labute approximate surface area is 196 Å². The third-order valence-electron chi connectivity index (χ3n) is 5.18. The number of aromatic amines is 2. The number of carboxylic acid groups (broad SMARTS) is 1. The number of hydrogen-bond donors (Lipinski definition) is 4. The molecule has 4 N–H and O–H groups in total. The van der Waals surface area contributed by atoms with Crippen molar-refractivity contribution in [1.29, 1.82) is 0 Å². The fraction of sp³-hybridized carbons (Fsp3) is 0.368. The first-order valence-electron chi connectivity index (χ1n) is 9.65. The van der Waals surface area contributed by atoms with Crippen LogP contribution in [0, 0.1) is 13.8 Å². The SMILES string of the molecule is Cc1ncc(-c2nc(N3CC[C@@H](NC(=O)c4[nH]c(C)c(Cl)c4Cl)[C@@H](F)C3)sc2C(=O)O)[nH]1. The van der Waals surface area contributed by atoms with E-state index in [2.05, 4.69) is 25.3 Å². The summed E-state index contributed by atoms with van der Waals surface area (Å²) in [4.78, 5) is 40.2. The third kappa shape index (κ3) is 4.19. The number of imidazole rings is 1. The molecule has 0 bridgehead atoms. The first-order valence-corrected chi connectivity index (χ1v) is 11.2. The summed E-state index contributed by atoms with van der Waals surface area (Å²) in [5.74, 6) is -1.03. The van der Waals surface area contributed by atoms with Gasteiger partial charge in [-0.1, -0.05) is 34.5 Å². The van der Waals surface area contributed by atoms with Gasteiger partial charge in [0.05, 0.1) is 34.5 Å². The molecule has 13 heteroatoms. The van der Waals surface area contributed by atoms with Crippen molar-refractivity contribution < 1.29 is 19.1 Å². The number of amides is 1. The number of carbonyl (C=O) groups is 2. The number of alkyl halides is 1. The lowest BCUT2D eigenvalue weighted by molar-refractivity contribution is 0.0702. The molecule has 1 aliphatic heterocycles. The Bertz CT molecular complexity index is 1190. The van der Waals surface area contributed by atoms with E-state index in [1.165, 1.54) is 6.20 Å². The van der Waals surface area contributed by atoms with E-state index in [9.17, 15) is 19.1 Å². The topological polar surface area (TPSA) is 127 Å². The summed E-state index contributed by atoms with van der Waals surface area (Å²) < 4.78 is 15.0. The van der Waals surface area contributed by atoms with Crippen molar-refractivity contribution in [3.05, 3.63) is 38.3 Å². The predicted octanol–water partition coefficient (Wildman–Crippen LogP) is 3.83. The molecule has 0 radical (unpaired) electrons. The van der Waals surface area contributed by atoms with E-state index in [1.807, 2.05) is 0 Å². The van der Waals surface area contributed by atoms with Crippen molar-refractivity contribution in [2.45, 2.75) is 32.5 Å². The smallest absolute Gasteiger partial charge is 0.348 e. The second-order valence-corrected chi connectivity index (χ2v) is 9.18. The molecule has 0 aromatic carbocycles. The van der Waals surface area contributed by atoms with E-state index in [-0.39, 0.29) is 32.9 Å². The van der Waals surface area contributed by atoms with E-state index < -0.39 is 24.1 Å². The fourth-order valence-corrected chi connectivity index (χ4v) is 4.89. The summed E-state index contributed by atoms with van der Waals surface area (Å²) >= 11 is 13.1. The van der Waals surface area contributed by atoms with Crippen molar-refractivity contribution in [2.24, 2.45) is 0 Å². The number of halogens is 3. The summed E-state index contributed by atoms with van der Waals surface area (Å²) in [7, 11) is 0. The molecule has 3 aromatic heterocycles. The quantitative estimate of drug-likeness (QED) is 0.421. The van der Waals surface area contributed by atoms with Crippen molar-refractivity contribution in [2.75, 3.05) is 18.0 Å². The standard InChI is InChI=1S/C19H19Cl2FN6O3S/c1-7-12(20)13(21)15(24-7)17(29)26-10-3-4-28(6-9(10)22)19-27-14(16(32-19)18(30)31)11-5-23-8(2)25-11/h5,9-10,24H,3-4,6H2,1-2H3,(H,23,25)(H,26,29)(H,30,31)/t9-,10+/m0/s1. The summed E-state index contributed by atoms with van der Waals surface area (Å²) in [6.07, 6.45) is 0.423.